The van der Waals surface area contributed by atoms with Crippen LogP contribution in [-0.2, 0) is 6.42 Å². The fourth-order valence-corrected chi connectivity index (χ4v) is 3.16. The van der Waals surface area contributed by atoms with Crippen LogP contribution in [0.15, 0.2) is 24.3 Å². The van der Waals surface area contributed by atoms with Crippen molar-refractivity contribution in [3.05, 3.63) is 34.9 Å². The molecule has 0 bridgehead atoms. The molecule has 0 spiro atoms. The summed E-state index contributed by atoms with van der Waals surface area (Å²) in [6.07, 6.45) is 3.78. The first kappa shape index (κ1) is 15.8. The Labute approximate surface area is 128 Å². The predicted molar refractivity (Wildman–Crippen MR) is 87.5 cm³/mol. The molecule has 2 rings (SSSR count). The topological polar surface area (TPSA) is 15.3 Å². The van der Waals surface area contributed by atoms with Crippen LogP contribution >= 0.6 is 11.6 Å². The van der Waals surface area contributed by atoms with E-state index in [-0.39, 0.29) is 0 Å². The van der Waals surface area contributed by atoms with Gasteiger partial charge in [-0.2, -0.15) is 0 Å². The third-order valence-corrected chi connectivity index (χ3v) is 4.65. The molecule has 1 N–H and O–H groups in total. The van der Waals surface area contributed by atoms with Gasteiger partial charge in [0.05, 0.1) is 0 Å². The van der Waals surface area contributed by atoms with E-state index in [1.165, 1.54) is 38.0 Å². The van der Waals surface area contributed by atoms with E-state index in [2.05, 4.69) is 36.2 Å². The number of rotatable bonds is 6. The number of nitrogens with zero attached hydrogens (tertiary/aromatic N) is 1. The van der Waals surface area contributed by atoms with Crippen LogP contribution in [0.5, 0.6) is 0 Å². The molecule has 1 fully saturated rings. The van der Waals surface area contributed by atoms with Gasteiger partial charge < -0.3 is 10.2 Å². The minimum absolute atomic E-state index is 0.622. The zero-order valence-electron chi connectivity index (χ0n) is 12.7. The summed E-state index contributed by atoms with van der Waals surface area (Å²) < 4.78 is 0. The Morgan fingerprint density at radius 3 is 2.50 bits per heavy atom. The minimum Gasteiger partial charge on any atom is -0.317 e. The highest BCUT2D eigenvalue weighted by Gasteiger charge is 2.22. The first-order chi connectivity index (χ1) is 9.69. The summed E-state index contributed by atoms with van der Waals surface area (Å²) in [4.78, 5) is 2.64. The summed E-state index contributed by atoms with van der Waals surface area (Å²) >= 11 is 5.94. The summed E-state index contributed by atoms with van der Waals surface area (Å²) in [7, 11) is 0. The van der Waals surface area contributed by atoms with Crippen molar-refractivity contribution in [1.82, 2.24) is 10.2 Å². The van der Waals surface area contributed by atoms with Crippen molar-refractivity contribution in [3.63, 3.8) is 0 Å². The van der Waals surface area contributed by atoms with E-state index in [4.69, 9.17) is 11.6 Å². The third-order valence-electron chi connectivity index (χ3n) is 4.40. The number of hydrogen-bond acceptors (Lipinski definition) is 2. The number of nitrogens with one attached hydrogen (secondary N) is 1. The van der Waals surface area contributed by atoms with Crippen molar-refractivity contribution in [1.29, 1.82) is 0 Å². The molecule has 1 saturated heterocycles. The van der Waals surface area contributed by atoms with Crippen molar-refractivity contribution >= 4 is 11.6 Å². The first-order valence-electron chi connectivity index (χ1n) is 7.88. The van der Waals surface area contributed by atoms with Gasteiger partial charge in [-0.05, 0) is 76.0 Å². The van der Waals surface area contributed by atoms with Crippen LogP contribution in [0.3, 0.4) is 0 Å². The van der Waals surface area contributed by atoms with Crippen molar-refractivity contribution in [2.75, 3.05) is 26.2 Å². The molecular weight excluding hydrogens is 268 g/mol. The maximum absolute atomic E-state index is 5.94. The molecule has 1 aliphatic heterocycles. The Hall–Kier alpha value is -0.570. The normalized spacial score (nSPS) is 19.1. The van der Waals surface area contributed by atoms with Crippen LogP contribution in [0.25, 0.3) is 0 Å². The van der Waals surface area contributed by atoms with Crippen molar-refractivity contribution in [2.24, 2.45) is 5.92 Å². The molecule has 1 aromatic carbocycles. The van der Waals surface area contributed by atoms with Gasteiger partial charge in [0, 0.05) is 11.1 Å². The quantitative estimate of drug-likeness (QED) is 0.862. The molecule has 112 valence electrons. The van der Waals surface area contributed by atoms with Crippen molar-refractivity contribution < 1.29 is 0 Å². The first-order valence-corrected chi connectivity index (χ1v) is 8.26. The second-order valence-corrected chi connectivity index (χ2v) is 6.40. The summed E-state index contributed by atoms with van der Waals surface area (Å²) in [5.41, 5.74) is 1.39. The Balaban J connectivity index is 1.76. The van der Waals surface area contributed by atoms with E-state index in [0.29, 0.717) is 6.04 Å². The van der Waals surface area contributed by atoms with Crippen LogP contribution in [0.2, 0.25) is 5.02 Å². The summed E-state index contributed by atoms with van der Waals surface area (Å²) in [6, 6.07) is 8.91. The largest absolute Gasteiger partial charge is 0.317 e. The van der Waals surface area contributed by atoms with Gasteiger partial charge in [0.15, 0.2) is 0 Å². The second-order valence-electron chi connectivity index (χ2n) is 5.97. The molecule has 3 heteroatoms. The van der Waals surface area contributed by atoms with E-state index in [0.717, 1.165) is 23.9 Å². The lowest BCUT2D eigenvalue weighted by Crippen LogP contribution is -2.42. The van der Waals surface area contributed by atoms with E-state index in [1.807, 2.05) is 12.1 Å². The Bertz CT molecular complexity index is 382. The lowest BCUT2D eigenvalue weighted by molar-refractivity contribution is 0.139. The average molecular weight is 295 g/mol. The van der Waals surface area contributed by atoms with Crippen molar-refractivity contribution in [2.45, 2.75) is 39.2 Å². The zero-order valence-corrected chi connectivity index (χ0v) is 13.5. The van der Waals surface area contributed by atoms with Crippen LogP contribution in [0.4, 0.5) is 0 Å². The standard InChI is InChI=1S/C17H27ClN2/c1-3-19-13-16-8-10-20(11-9-16)14(2)12-15-4-6-17(18)7-5-15/h4-7,14,16,19H,3,8-13H2,1-2H3. The molecule has 20 heavy (non-hydrogen) atoms. The van der Waals surface area contributed by atoms with Gasteiger partial charge in [0.2, 0.25) is 0 Å². The predicted octanol–water partition coefficient (Wildman–Crippen LogP) is 3.59. The summed E-state index contributed by atoms with van der Waals surface area (Å²) in [5.74, 6) is 0.869. The molecule has 1 atom stereocenters. The number of hydrogen-bond donors (Lipinski definition) is 1. The Kier molecular flexibility index (Phi) is 6.34. The smallest absolute Gasteiger partial charge is 0.0406 e. The number of piperidine rings is 1. The summed E-state index contributed by atoms with van der Waals surface area (Å²) in [5, 5.41) is 4.30. The van der Waals surface area contributed by atoms with Crippen LogP contribution < -0.4 is 5.32 Å². The van der Waals surface area contributed by atoms with Crippen LogP contribution in [0, 0.1) is 5.92 Å². The SMILES string of the molecule is CCNCC1CCN(C(C)Cc2ccc(Cl)cc2)CC1. The molecule has 0 aromatic heterocycles. The lowest BCUT2D eigenvalue weighted by atomic mass is 9.94. The summed E-state index contributed by atoms with van der Waals surface area (Å²) in [6.45, 7) is 9.29. The average Bonchev–Trinajstić information content (AvgIpc) is 2.48. The maximum Gasteiger partial charge on any atom is 0.0406 e. The Morgan fingerprint density at radius 2 is 1.90 bits per heavy atom. The minimum atomic E-state index is 0.622. The Morgan fingerprint density at radius 1 is 1.25 bits per heavy atom. The highest BCUT2D eigenvalue weighted by atomic mass is 35.5. The van der Waals surface area contributed by atoms with Crippen molar-refractivity contribution in [3.8, 4) is 0 Å². The fraction of sp³-hybridized carbons (Fsp3) is 0.647. The molecule has 0 radical (unpaired) electrons. The van der Waals surface area contributed by atoms with Crippen LogP contribution in [0.1, 0.15) is 32.3 Å². The fourth-order valence-electron chi connectivity index (χ4n) is 3.04. The lowest BCUT2D eigenvalue weighted by Gasteiger charge is -2.36. The van der Waals surface area contributed by atoms with Gasteiger partial charge in [-0.15, -0.1) is 0 Å². The maximum atomic E-state index is 5.94. The molecule has 2 nitrogen and oxygen atoms in total. The zero-order chi connectivity index (χ0) is 14.4. The van der Waals surface area contributed by atoms with Crippen LogP contribution in [-0.4, -0.2) is 37.1 Å². The molecule has 0 amide bonds. The van der Waals surface area contributed by atoms with Gasteiger partial charge >= 0.3 is 0 Å². The van der Waals surface area contributed by atoms with Gasteiger partial charge in [-0.25, -0.2) is 0 Å². The van der Waals surface area contributed by atoms with Gasteiger partial charge in [0.25, 0.3) is 0 Å². The number of likely N-dealkylation sites (tertiary alicyclic amines) is 1. The number of benzene rings is 1. The van der Waals surface area contributed by atoms with Gasteiger partial charge in [-0.1, -0.05) is 30.7 Å². The third kappa shape index (κ3) is 4.76. The molecular formula is C17H27ClN2. The monoisotopic (exact) mass is 294 g/mol. The number of halogens is 1. The molecule has 0 saturated carbocycles. The highest BCUT2D eigenvalue weighted by Crippen LogP contribution is 2.20. The van der Waals surface area contributed by atoms with Gasteiger partial charge in [-0.3, -0.25) is 0 Å². The molecule has 1 heterocycles. The molecule has 0 aliphatic carbocycles. The molecule has 1 aromatic rings. The van der Waals surface area contributed by atoms with Gasteiger partial charge in [0.1, 0.15) is 0 Å². The van der Waals surface area contributed by atoms with E-state index in [9.17, 15) is 0 Å². The van der Waals surface area contributed by atoms with E-state index >= 15 is 0 Å². The van der Waals surface area contributed by atoms with E-state index in [1.54, 1.807) is 0 Å². The molecule has 1 unspecified atom stereocenters. The van der Waals surface area contributed by atoms with E-state index < -0.39 is 0 Å². The molecule has 1 aliphatic rings. The second kappa shape index (κ2) is 8.02. The highest BCUT2D eigenvalue weighted by molar-refractivity contribution is 6.30.